The molecule has 0 aliphatic heterocycles. The molecule has 0 unspecified atom stereocenters. The summed E-state index contributed by atoms with van der Waals surface area (Å²) in [6, 6.07) is 13.9. The van der Waals surface area contributed by atoms with Crippen LogP contribution in [0.2, 0.25) is 0 Å². The number of aldehydes is 1. The van der Waals surface area contributed by atoms with E-state index in [4.69, 9.17) is 0 Å². The van der Waals surface area contributed by atoms with Crippen molar-refractivity contribution >= 4 is 6.29 Å². The van der Waals surface area contributed by atoms with Gasteiger partial charge in [0.1, 0.15) is 0 Å². The predicted molar refractivity (Wildman–Crippen MR) is 66.7 cm³/mol. The van der Waals surface area contributed by atoms with Gasteiger partial charge in [-0.25, -0.2) is 0 Å². The molecule has 0 heterocycles. The molecule has 0 N–H and O–H groups in total. The lowest BCUT2D eigenvalue weighted by Crippen LogP contribution is -1.93. The summed E-state index contributed by atoms with van der Waals surface area (Å²) in [6.07, 6.45) is 0.925. The van der Waals surface area contributed by atoms with Gasteiger partial charge in [0.15, 0.2) is 6.29 Å². The number of benzene rings is 2. The average molecular weight is 210 g/mol. The van der Waals surface area contributed by atoms with Crippen LogP contribution in [0, 0.1) is 13.8 Å². The quantitative estimate of drug-likeness (QED) is 0.689. The van der Waals surface area contributed by atoms with E-state index < -0.39 is 0 Å². The maximum Gasteiger partial charge on any atom is 0.150 e. The Morgan fingerprint density at radius 3 is 2.25 bits per heavy atom. The summed E-state index contributed by atoms with van der Waals surface area (Å²) in [5, 5.41) is 0. The lowest BCUT2D eigenvalue weighted by molar-refractivity contribution is 0.112. The van der Waals surface area contributed by atoms with Crippen molar-refractivity contribution in [3.63, 3.8) is 0 Å². The number of aryl methyl sites for hydroxylation is 1. The fourth-order valence-electron chi connectivity index (χ4n) is 1.92. The summed E-state index contributed by atoms with van der Waals surface area (Å²) in [4.78, 5) is 11.1. The van der Waals surface area contributed by atoms with E-state index in [1.54, 1.807) is 0 Å². The first kappa shape index (κ1) is 10.6. The van der Waals surface area contributed by atoms with Crippen LogP contribution < -0.4 is 0 Å². The van der Waals surface area contributed by atoms with Crippen LogP contribution in [0.3, 0.4) is 0 Å². The molecule has 2 aromatic rings. The van der Waals surface area contributed by atoms with Crippen molar-refractivity contribution in [3.05, 3.63) is 59.2 Å². The number of carbonyl (C=O) groups is 1. The first-order valence-corrected chi connectivity index (χ1v) is 5.35. The van der Waals surface area contributed by atoms with Crippen LogP contribution in [0.5, 0.6) is 0 Å². The Morgan fingerprint density at radius 2 is 1.62 bits per heavy atom. The van der Waals surface area contributed by atoms with E-state index in [0.29, 0.717) is 0 Å². The van der Waals surface area contributed by atoms with Gasteiger partial charge >= 0.3 is 0 Å². The Morgan fingerprint density at radius 1 is 0.938 bits per heavy atom. The summed E-state index contributed by atoms with van der Waals surface area (Å²) < 4.78 is 0. The zero-order valence-corrected chi connectivity index (χ0v) is 9.53. The van der Waals surface area contributed by atoms with E-state index in [0.717, 1.165) is 23.0 Å². The lowest BCUT2D eigenvalue weighted by Gasteiger charge is -2.11. The zero-order chi connectivity index (χ0) is 11.5. The molecule has 1 heteroatoms. The van der Waals surface area contributed by atoms with E-state index in [1.165, 1.54) is 11.1 Å². The minimum absolute atomic E-state index is 0.759. The highest BCUT2D eigenvalue weighted by Gasteiger charge is 2.08. The lowest BCUT2D eigenvalue weighted by atomic mass is 9.93. The molecule has 0 aliphatic rings. The maximum absolute atomic E-state index is 11.1. The third-order valence-electron chi connectivity index (χ3n) is 2.96. The van der Waals surface area contributed by atoms with E-state index in [-0.39, 0.29) is 0 Å². The fourth-order valence-corrected chi connectivity index (χ4v) is 1.92. The van der Waals surface area contributed by atoms with Gasteiger partial charge in [-0.2, -0.15) is 0 Å². The second-order valence-corrected chi connectivity index (χ2v) is 3.96. The van der Waals surface area contributed by atoms with Crippen LogP contribution in [0.15, 0.2) is 42.5 Å². The van der Waals surface area contributed by atoms with Crippen LogP contribution in [-0.2, 0) is 0 Å². The Hall–Kier alpha value is -1.89. The molecule has 0 fully saturated rings. The molecule has 16 heavy (non-hydrogen) atoms. The first-order chi connectivity index (χ1) is 7.74. The van der Waals surface area contributed by atoms with E-state index in [9.17, 15) is 4.79 Å². The van der Waals surface area contributed by atoms with Crippen LogP contribution in [0.4, 0.5) is 0 Å². The molecule has 2 aromatic carbocycles. The third kappa shape index (κ3) is 1.76. The van der Waals surface area contributed by atoms with Gasteiger partial charge in [-0.3, -0.25) is 4.79 Å². The number of rotatable bonds is 2. The van der Waals surface area contributed by atoms with E-state index >= 15 is 0 Å². The van der Waals surface area contributed by atoms with Crippen molar-refractivity contribution in [2.24, 2.45) is 0 Å². The average Bonchev–Trinajstić information content (AvgIpc) is 2.33. The summed E-state index contributed by atoms with van der Waals surface area (Å²) in [5.74, 6) is 0. The molecule has 80 valence electrons. The standard InChI is InChI=1S/C15H14O/c1-11-8-9-14(10-16)15(12(11)2)13-6-4-3-5-7-13/h3-10H,1-2H3. The van der Waals surface area contributed by atoms with Gasteiger partial charge in [0, 0.05) is 5.56 Å². The van der Waals surface area contributed by atoms with Crippen molar-refractivity contribution in [3.8, 4) is 11.1 Å². The molecule has 0 atom stereocenters. The van der Waals surface area contributed by atoms with Crippen molar-refractivity contribution in [2.45, 2.75) is 13.8 Å². The van der Waals surface area contributed by atoms with E-state index in [1.807, 2.05) is 42.5 Å². The molecular formula is C15H14O. The Balaban J connectivity index is 2.72. The number of hydrogen-bond acceptors (Lipinski definition) is 1. The van der Waals surface area contributed by atoms with Crippen molar-refractivity contribution < 1.29 is 4.79 Å². The van der Waals surface area contributed by atoms with Crippen LogP contribution >= 0.6 is 0 Å². The van der Waals surface area contributed by atoms with Gasteiger partial charge in [0.25, 0.3) is 0 Å². The fraction of sp³-hybridized carbons (Fsp3) is 0.133. The Bertz CT molecular complexity index is 512. The van der Waals surface area contributed by atoms with Crippen molar-refractivity contribution in [1.29, 1.82) is 0 Å². The molecule has 0 aromatic heterocycles. The van der Waals surface area contributed by atoms with Crippen molar-refractivity contribution in [2.75, 3.05) is 0 Å². The highest BCUT2D eigenvalue weighted by molar-refractivity contribution is 5.89. The molecule has 0 spiro atoms. The zero-order valence-electron chi connectivity index (χ0n) is 9.53. The molecule has 0 saturated heterocycles. The highest BCUT2D eigenvalue weighted by atomic mass is 16.1. The van der Waals surface area contributed by atoms with Gasteiger partial charge in [-0.15, -0.1) is 0 Å². The normalized spacial score (nSPS) is 10.1. The van der Waals surface area contributed by atoms with Crippen LogP contribution in [0.25, 0.3) is 11.1 Å². The van der Waals surface area contributed by atoms with Gasteiger partial charge in [-0.1, -0.05) is 42.5 Å². The SMILES string of the molecule is Cc1ccc(C=O)c(-c2ccccc2)c1C. The van der Waals surface area contributed by atoms with Crippen LogP contribution in [0.1, 0.15) is 21.5 Å². The number of hydrogen-bond donors (Lipinski definition) is 0. The molecule has 0 aliphatic carbocycles. The predicted octanol–water partition coefficient (Wildman–Crippen LogP) is 3.78. The number of carbonyl (C=O) groups excluding carboxylic acids is 1. The summed E-state index contributed by atoms with van der Waals surface area (Å²) in [5.41, 5.74) is 5.30. The highest BCUT2D eigenvalue weighted by Crippen LogP contribution is 2.28. The molecule has 2 rings (SSSR count). The van der Waals surface area contributed by atoms with Gasteiger partial charge < -0.3 is 0 Å². The van der Waals surface area contributed by atoms with Crippen molar-refractivity contribution in [1.82, 2.24) is 0 Å². The second-order valence-electron chi connectivity index (χ2n) is 3.96. The maximum atomic E-state index is 11.1. The Kier molecular flexibility index (Phi) is 2.86. The van der Waals surface area contributed by atoms with Gasteiger partial charge in [0.2, 0.25) is 0 Å². The Labute approximate surface area is 95.7 Å². The van der Waals surface area contributed by atoms with Crippen LogP contribution in [-0.4, -0.2) is 6.29 Å². The first-order valence-electron chi connectivity index (χ1n) is 5.35. The molecule has 0 bridgehead atoms. The summed E-state index contributed by atoms with van der Waals surface area (Å²) in [6.45, 7) is 4.13. The smallest absolute Gasteiger partial charge is 0.150 e. The topological polar surface area (TPSA) is 17.1 Å². The molecular weight excluding hydrogens is 196 g/mol. The third-order valence-corrected chi connectivity index (χ3v) is 2.96. The van der Waals surface area contributed by atoms with E-state index in [2.05, 4.69) is 13.8 Å². The summed E-state index contributed by atoms with van der Waals surface area (Å²) in [7, 11) is 0. The largest absolute Gasteiger partial charge is 0.298 e. The molecule has 0 amide bonds. The summed E-state index contributed by atoms with van der Waals surface area (Å²) >= 11 is 0. The molecule has 0 radical (unpaired) electrons. The molecule has 1 nitrogen and oxygen atoms in total. The van der Waals surface area contributed by atoms with Gasteiger partial charge in [0.05, 0.1) is 0 Å². The molecule has 0 saturated carbocycles. The minimum atomic E-state index is 0.759. The second kappa shape index (κ2) is 4.31. The minimum Gasteiger partial charge on any atom is -0.298 e. The monoisotopic (exact) mass is 210 g/mol. The van der Waals surface area contributed by atoms with Gasteiger partial charge in [-0.05, 0) is 36.1 Å².